The lowest BCUT2D eigenvalue weighted by atomic mass is 10.1. The molecule has 0 saturated carbocycles. The number of nitrogens with one attached hydrogen (secondary N) is 2. The number of H-pyrrole nitrogens is 1. The van der Waals surface area contributed by atoms with Gasteiger partial charge in [0.2, 0.25) is 0 Å². The summed E-state index contributed by atoms with van der Waals surface area (Å²) in [7, 11) is 0. The van der Waals surface area contributed by atoms with Crippen LogP contribution >= 0.6 is 11.6 Å². The smallest absolute Gasteiger partial charge is 0.344 e. The highest BCUT2D eigenvalue weighted by atomic mass is 35.5. The maximum absolute atomic E-state index is 11.9. The Bertz CT molecular complexity index is 791. The number of aromatic nitrogens is 1. The number of ether oxygens (including phenoxy) is 1. The molecule has 1 amide bonds. The van der Waals surface area contributed by atoms with Gasteiger partial charge in [0.1, 0.15) is 5.56 Å². The number of amides is 1. The maximum atomic E-state index is 11.9. The molecule has 0 unspecified atom stereocenters. The molecular formula is C16H15ClN2O4. The zero-order chi connectivity index (χ0) is 17.0. The lowest BCUT2D eigenvalue weighted by Crippen LogP contribution is -2.24. The molecule has 2 N–H and O–H groups in total. The fourth-order valence-electron chi connectivity index (χ4n) is 2.04. The van der Waals surface area contributed by atoms with Crippen LogP contribution in [0.15, 0.2) is 35.3 Å². The van der Waals surface area contributed by atoms with Gasteiger partial charge in [0.25, 0.3) is 11.5 Å². The second-order valence-corrected chi connectivity index (χ2v) is 5.38. The summed E-state index contributed by atoms with van der Waals surface area (Å²) in [5.41, 5.74) is 1.51. The van der Waals surface area contributed by atoms with Crippen LogP contribution in [0.1, 0.15) is 21.5 Å². The molecule has 0 aliphatic rings. The van der Waals surface area contributed by atoms with Crippen molar-refractivity contribution in [2.24, 2.45) is 0 Å². The zero-order valence-corrected chi connectivity index (χ0v) is 13.4. The van der Waals surface area contributed by atoms with Gasteiger partial charge in [0, 0.05) is 6.20 Å². The van der Waals surface area contributed by atoms with Gasteiger partial charge in [-0.05, 0) is 43.2 Å². The Balaban J connectivity index is 2.00. The SMILES string of the molecule is Cc1cc(C)c(NC(=O)COC(=O)c2ccc[nH]c2=O)c(Cl)c1. The predicted molar refractivity (Wildman–Crippen MR) is 86.9 cm³/mol. The molecule has 0 bridgehead atoms. The molecule has 0 saturated heterocycles. The van der Waals surface area contributed by atoms with Gasteiger partial charge in [0.05, 0.1) is 10.7 Å². The molecule has 23 heavy (non-hydrogen) atoms. The molecule has 1 aromatic heterocycles. The van der Waals surface area contributed by atoms with Crippen LogP contribution in [-0.2, 0) is 9.53 Å². The monoisotopic (exact) mass is 334 g/mol. The second kappa shape index (κ2) is 7.11. The topological polar surface area (TPSA) is 88.3 Å². The first kappa shape index (κ1) is 16.8. The number of pyridine rings is 1. The molecule has 0 atom stereocenters. The number of halogens is 1. The molecule has 1 heterocycles. The van der Waals surface area contributed by atoms with Gasteiger partial charge < -0.3 is 15.0 Å². The molecule has 1 aromatic carbocycles. The Hall–Kier alpha value is -2.60. The van der Waals surface area contributed by atoms with Gasteiger partial charge in [-0.3, -0.25) is 9.59 Å². The average molecular weight is 335 g/mol. The van der Waals surface area contributed by atoms with E-state index < -0.39 is 24.0 Å². The van der Waals surface area contributed by atoms with Crippen molar-refractivity contribution >= 4 is 29.2 Å². The van der Waals surface area contributed by atoms with Gasteiger partial charge in [-0.1, -0.05) is 17.7 Å². The van der Waals surface area contributed by atoms with E-state index in [9.17, 15) is 14.4 Å². The maximum Gasteiger partial charge on any atom is 0.344 e. The second-order valence-electron chi connectivity index (χ2n) is 4.98. The van der Waals surface area contributed by atoms with Crippen molar-refractivity contribution in [3.05, 3.63) is 62.5 Å². The molecule has 7 heteroatoms. The molecule has 120 valence electrons. The van der Waals surface area contributed by atoms with Crippen LogP contribution in [0.25, 0.3) is 0 Å². The zero-order valence-electron chi connectivity index (χ0n) is 12.6. The third kappa shape index (κ3) is 4.20. The van der Waals surface area contributed by atoms with Gasteiger partial charge in [-0.2, -0.15) is 0 Å². The Morgan fingerprint density at radius 1 is 1.30 bits per heavy atom. The number of esters is 1. The highest BCUT2D eigenvalue weighted by Crippen LogP contribution is 2.27. The van der Waals surface area contributed by atoms with E-state index in [2.05, 4.69) is 10.3 Å². The number of aromatic amines is 1. The van der Waals surface area contributed by atoms with Crippen LogP contribution in [0.5, 0.6) is 0 Å². The standard InChI is InChI=1S/C16H15ClN2O4/c1-9-6-10(2)14(12(17)7-9)19-13(20)8-23-16(22)11-4-3-5-18-15(11)21/h3-7H,8H2,1-2H3,(H,18,21)(H,19,20). The number of carbonyl (C=O) groups is 2. The summed E-state index contributed by atoms with van der Waals surface area (Å²) in [5, 5.41) is 3.00. The van der Waals surface area contributed by atoms with E-state index in [1.54, 1.807) is 6.07 Å². The van der Waals surface area contributed by atoms with Crippen LogP contribution < -0.4 is 10.9 Å². The predicted octanol–water partition coefficient (Wildman–Crippen LogP) is 2.44. The average Bonchev–Trinajstić information content (AvgIpc) is 2.49. The largest absolute Gasteiger partial charge is 0.452 e. The Kier molecular flexibility index (Phi) is 5.18. The minimum atomic E-state index is -0.867. The van der Waals surface area contributed by atoms with Crippen molar-refractivity contribution in [2.45, 2.75) is 13.8 Å². The van der Waals surface area contributed by atoms with Crippen LogP contribution in [-0.4, -0.2) is 23.5 Å². The molecule has 2 aromatic rings. The van der Waals surface area contributed by atoms with Crippen molar-refractivity contribution < 1.29 is 14.3 Å². The quantitative estimate of drug-likeness (QED) is 0.840. The molecule has 0 aliphatic carbocycles. The number of anilines is 1. The van der Waals surface area contributed by atoms with Gasteiger partial charge in [-0.25, -0.2) is 4.79 Å². The van der Waals surface area contributed by atoms with Crippen LogP contribution in [0.4, 0.5) is 5.69 Å². The summed E-state index contributed by atoms with van der Waals surface area (Å²) >= 11 is 6.09. The minimum Gasteiger partial charge on any atom is -0.452 e. The first-order valence-electron chi connectivity index (χ1n) is 6.80. The van der Waals surface area contributed by atoms with Gasteiger partial charge in [0.15, 0.2) is 6.61 Å². The lowest BCUT2D eigenvalue weighted by Gasteiger charge is -2.11. The lowest BCUT2D eigenvalue weighted by molar-refractivity contribution is -0.119. The molecule has 2 rings (SSSR count). The summed E-state index contributed by atoms with van der Waals surface area (Å²) in [5.74, 6) is -1.41. The van der Waals surface area contributed by atoms with Crippen molar-refractivity contribution in [2.75, 3.05) is 11.9 Å². The molecular weight excluding hydrogens is 320 g/mol. The summed E-state index contributed by atoms with van der Waals surface area (Å²) in [6.07, 6.45) is 1.40. The van der Waals surface area contributed by atoms with E-state index in [1.807, 2.05) is 19.9 Å². The van der Waals surface area contributed by atoms with E-state index in [0.29, 0.717) is 10.7 Å². The van der Waals surface area contributed by atoms with E-state index >= 15 is 0 Å². The van der Waals surface area contributed by atoms with E-state index in [-0.39, 0.29) is 5.56 Å². The third-order valence-corrected chi connectivity index (χ3v) is 3.37. The van der Waals surface area contributed by atoms with E-state index in [0.717, 1.165) is 11.1 Å². The Labute approximate surface area is 137 Å². The number of benzene rings is 1. The number of rotatable bonds is 4. The van der Waals surface area contributed by atoms with Crippen LogP contribution in [0.3, 0.4) is 0 Å². The van der Waals surface area contributed by atoms with Gasteiger partial charge >= 0.3 is 5.97 Å². The number of carbonyl (C=O) groups excluding carboxylic acids is 2. The van der Waals surface area contributed by atoms with Crippen LogP contribution in [0.2, 0.25) is 5.02 Å². The van der Waals surface area contributed by atoms with Crippen molar-refractivity contribution in [3.8, 4) is 0 Å². The van der Waals surface area contributed by atoms with E-state index in [1.165, 1.54) is 18.3 Å². The number of hydrogen-bond donors (Lipinski definition) is 2. The van der Waals surface area contributed by atoms with E-state index in [4.69, 9.17) is 16.3 Å². The van der Waals surface area contributed by atoms with Crippen molar-refractivity contribution in [1.29, 1.82) is 0 Å². The summed E-state index contributed by atoms with van der Waals surface area (Å²) in [6, 6.07) is 6.41. The number of aryl methyl sites for hydroxylation is 2. The fraction of sp³-hybridized carbons (Fsp3) is 0.188. The van der Waals surface area contributed by atoms with Crippen molar-refractivity contribution in [1.82, 2.24) is 4.98 Å². The fourth-order valence-corrected chi connectivity index (χ4v) is 2.41. The third-order valence-electron chi connectivity index (χ3n) is 3.07. The first-order valence-corrected chi connectivity index (χ1v) is 7.17. The Morgan fingerprint density at radius 2 is 2.04 bits per heavy atom. The number of hydrogen-bond acceptors (Lipinski definition) is 4. The van der Waals surface area contributed by atoms with Gasteiger partial charge in [-0.15, -0.1) is 0 Å². The minimum absolute atomic E-state index is 0.162. The summed E-state index contributed by atoms with van der Waals surface area (Å²) < 4.78 is 4.83. The molecule has 0 aliphatic heterocycles. The van der Waals surface area contributed by atoms with Crippen LogP contribution in [0, 0.1) is 13.8 Å². The molecule has 6 nitrogen and oxygen atoms in total. The molecule has 0 radical (unpaired) electrons. The Morgan fingerprint density at radius 3 is 2.70 bits per heavy atom. The molecule has 0 spiro atoms. The highest BCUT2D eigenvalue weighted by molar-refractivity contribution is 6.34. The summed E-state index contributed by atoms with van der Waals surface area (Å²) in [6.45, 7) is 3.18. The molecule has 0 fully saturated rings. The summed E-state index contributed by atoms with van der Waals surface area (Å²) in [4.78, 5) is 37.4. The first-order chi connectivity index (χ1) is 10.9. The normalized spacial score (nSPS) is 10.2. The van der Waals surface area contributed by atoms with Crippen molar-refractivity contribution in [3.63, 3.8) is 0 Å². The highest BCUT2D eigenvalue weighted by Gasteiger charge is 2.15.